The van der Waals surface area contributed by atoms with Gasteiger partial charge >= 0.3 is 13.5 Å². The summed E-state index contributed by atoms with van der Waals surface area (Å²) in [5.41, 5.74) is 3.55. The third kappa shape index (κ3) is 8.28. The fourth-order valence-electron chi connectivity index (χ4n) is 3.13. The van der Waals surface area contributed by atoms with Crippen LogP contribution in [0.15, 0.2) is 21.9 Å². The molecule has 14 nitrogen and oxygen atoms in total. The van der Waals surface area contributed by atoms with Gasteiger partial charge in [-0.1, -0.05) is 12.8 Å². The zero-order valence-electron chi connectivity index (χ0n) is 17.7. The fourth-order valence-corrected chi connectivity index (χ4v) is 3.48. The number of nitrogens with two attached hydrogens (primary N) is 1. The molecule has 33 heavy (non-hydrogen) atoms. The van der Waals surface area contributed by atoms with E-state index in [0.29, 0.717) is 13.1 Å². The second kappa shape index (κ2) is 12.3. The number of hydrogen-bond donors (Lipinski definition) is 7. The number of amides is 1. The Morgan fingerprint density at radius 2 is 1.94 bits per heavy atom. The Balaban J connectivity index is 2.06. The third-order valence-electron chi connectivity index (χ3n) is 4.86. The van der Waals surface area contributed by atoms with Crippen LogP contribution >= 0.6 is 7.82 Å². The molecule has 1 unspecified atom stereocenters. The summed E-state index contributed by atoms with van der Waals surface area (Å²) < 4.78 is 21.2. The van der Waals surface area contributed by atoms with Crippen molar-refractivity contribution < 1.29 is 38.6 Å². The van der Waals surface area contributed by atoms with Gasteiger partial charge in [-0.05, 0) is 25.5 Å². The van der Waals surface area contributed by atoms with Crippen molar-refractivity contribution in [2.45, 2.75) is 50.2 Å². The van der Waals surface area contributed by atoms with Crippen LogP contribution in [0.4, 0.5) is 0 Å². The van der Waals surface area contributed by atoms with Crippen LogP contribution in [0.25, 0.3) is 6.08 Å². The third-order valence-corrected chi connectivity index (χ3v) is 5.34. The number of aromatic nitrogens is 2. The van der Waals surface area contributed by atoms with Crippen molar-refractivity contribution in [2.24, 2.45) is 5.73 Å². The second-order valence-corrected chi connectivity index (χ2v) is 8.65. The Kier molecular flexibility index (Phi) is 10.1. The van der Waals surface area contributed by atoms with E-state index in [0.717, 1.165) is 42.5 Å². The van der Waals surface area contributed by atoms with Crippen LogP contribution in [0.3, 0.4) is 0 Å². The highest BCUT2D eigenvalue weighted by atomic mass is 31.2. The lowest BCUT2D eigenvalue weighted by Gasteiger charge is -2.17. The molecule has 15 heteroatoms. The summed E-state index contributed by atoms with van der Waals surface area (Å²) in [5, 5.41) is 22.9. The normalized spacial score (nSPS) is 23.3. The van der Waals surface area contributed by atoms with Crippen molar-refractivity contribution in [1.29, 1.82) is 0 Å². The predicted octanol–water partition coefficient (Wildman–Crippen LogP) is -2.09. The first-order valence-electron chi connectivity index (χ1n) is 10.3. The zero-order valence-corrected chi connectivity index (χ0v) is 18.6. The van der Waals surface area contributed by atoms with Crippen LogP contribution in [-0.4, -0.2) is 73.5 Å². The van der Waals surface area contributed by atoms with Gasteiger partial charge < -0.3 is 35.8 Å². The number of aromatic amines is 1. The molecule has 1 fully saturated rings. The molecule has 0 bridgehead atoms. The Hall–Kier alpha value is -2.16. The summed E-state index contributed by atoms with van der Waals surface area (Å²) in [4.78, 5) is 55.8. The molecule has 1 saturated heterocycles. The minimum atomic E-state index is -4.86. The van der Waals surface area contributed by atoms with Crippen LogP contribution < -0.4 is 22.3 Å². The van der Waals surface area contributed by atoms with Crippen molar-refractivity contribution >= 4 is 19.8 Å². The molecule has 1 aromatic heterocycles. The number of ether oxygens (including phenoxy) is 1. The van der Waals surface area contributed by atoms with Crippen LogP contribution in [-0.2, 0) is 18.6 Å². The monoisotopic (exact) mass is 492 g/mol. The summed E-state index contributed by atoms with van der Waals surface area (Å²) in [6.07, 6.45) is 0.754. The smallest absolute Gasteiger partial charge is 0.387 e. The second-order valence-electron chi connectivity index (χ2n) is 7.41. The minimum Gasteiger partial charge on any atom is -0.387 e. The molecular formula is C18H29N4O10P. The quantitative estimate of drug-likeness (QED) is 0.0951. The van der Waals surface area contributed by atoms with Gasteiger partial charge in [-0.3, -0.25) is 23.7 Å². The summed E-state index contributed by atoms with van der Waals surface area (Å²) in [6.45, 7) is 0.313. The maximum absolute atomic E-state index is 12.2. The van der Waals surface area contributed by atoms with Crippen LogP contribution in [0.5, 0.6) is 0 Å². The van der Waals surface area contributed by atoms with Gasteiger partial charge in [-0.25, -0.2) is 9.36 Å². The number of unbranched alkanes of at least 4 members (excludes halogenated alkanes) is 3. The van der Waals surface area contributed by atoms with E-state index >= 15 is 0 Å². The van der Waals surface area contributed by atoms with Gasteiger partial charge in [0.15, 0.2) is 6.23 Å². The number of nitrogens with zero attached hydrogens (tertiary/aromatic N) is 1. The van der Waals surface area contributed by atoms with E-state index in [-0.39, 0.29) is 5.56 Å². The molecule has 1 aliphatic heterocycles. The molecule has 1 aromatic rings. The number of phosphoric ester groups is 1. The van der Waals surface area contributed by atoms with E-state index in [1.54, 1.807) is 0 Å². The first-order chi connectivity index (χ1) is 15.5. The molecule has 0 aromatic carbocycles. The van der Waals surface area contributed by atoms with Gasteiger partial charge in [0.25, 0.3) is 5.56 Å². The molecule has 1 amide bonds. The van der Waals surface area contributed by atoms with E-state index in [1.807, 2.05) is 4.98 Å². The molecule has 2 rings (SSSR count). The Morgan fingerprint density at radius 3 is 2.61 bits per heavy atom. The number of rotatable bonds is 12. The number of H-pyrrole nitrogens is 1. The van der Waals surface area contributed by atoms with Crippen LogP contribution in [0, 0.1) is 0 Å². The average molecular weight is 492 g/mol. The van der Waals surface area contributed by atoms with Gasteiger partial charge in [0.05, 0.1) is 12.2 Å². The maximum Gasteiger partial charge on any atom is 0.469 e. The molecule has 8 N–H and O–H groups in total. The largest absolute Gasteiger partial charge is 0.469 e. The lowest BCUT2D eigenvalue weighted by atomic mass is 10.1. The van der Waals surface area contributed by atoms with Gasteiger partial charge in [-0.2, -0.15) is 0 Å². The lowest BCUT2D eigenvalue weighted by molar-refractivity contribution is -0.116. The molecular weight excluding hydrogens is 463 g/mol. The Bertz CT molecular complexity index is 987. The van der Waals surface area contributed by atoms with Crippen LogP contribution in [0.2, 0.25) is 0 Å². The standard InChI is InChI=1S/C18H29N4O10P/c19-7-3-1-2-4-8-20-13(23)6-5-11-9-22(18(27)21-16(11)26)17-15(25)14(24)12(32-17)10-31-33(28,29)30/h5-6,9,12,14-15,17,24-25H,1-4,7-8,10,19H2,(H,20,23)(H,21,26,27)(H2,28,29,30)/b6-5+/t12-,14?,15+,17-/m1/s1. The Morgan fingerprint density at radius 1 is 1.24 bits per heavy atom. The summed E-state index contributed by atoms with van der Waals surface area (Å²) in [7, 11) is -4.86. The molecule has 2 heterocycles. The maximum atomic E-state index is 12.2. The highest BCUT2D eigenvalue weighted by Crippen LogP contribution is 2.38. The number of nitrogens with one attached hydrogen (secondary N) is 2. The number of carbonyl (C=O) groups excluding carboxylic acids is 1. The van der Waals surface area contributed by atoms with Gasteiger partial charge in [0.2, 0.25) is 5.91 Å². The van der Waals surface area contributed by atoms with E-state index in [2.05, 4.69) is 9.84 Å². The van der Waals surface area contributed by atoms with E-state index in [1.165, 1.54) is 6.08 Å². The van der Waals surface area contributed by atoms with Gasteiger partial charge in [0, 0.05) is 18.8 Å². The molecule has 1 aliphatic rings. The molecule has 0 aliphatic carbocycles. The van der Waals surface area contributed by atoms with E-state index in [9.17, 15) is 29.2 Å². The SMILES string of the molecule is NCCCCCCNC(=O)/C=C/c1cn([C@@H]2O[C@H](COP(=O)(O)O)C(O)[C@@H]2O)c(=O)[nH]c1=O. The zero-order chi connectivity index (χ0) is 24.6. The van der Waals surface area contributed by atoms with Crippen molar-refractivity contribution in [3.63, 3.8) is 0 Å². The first kappa shape index (κ1) is 27.1. The van der Waals surface area contributed by atoms with Gasteiger partial charge in [-0.15, -0.1) is 0 Å². The number of hydrogen-bond acceptors (Lipinski definition) is 9. The minimum absolute atomic E-state index is 0.104. The number of aliphatic hydroxyl groups is 2. The summed E-state index contributed by atoms with van der Waals surface area (Å²) in [5.74, 6) is -0.451. The summed E-state index contributed by atoms with van der Waals surface area (Å²) in [6, 6.07) is 0. The highest BCUT2D eigenvalue weighted by molar-refractivity contribution is 7.46. The first-order valence-corrected chi connectivity index (χ1v) is 11.8. The Labute approximate surface area is 188 Å². The van der Waals surface area contributed by atoms with Crippen molar-refractivity contribution in [3.8, 4) is 0 Å². The molecule has 0 spiro atoms. The predicted molar refractivity (Wildman–Crippen MR) is 115 cm³/mol. The topological polar surface area (TPSA) is 226 Å². The summed E-state index contributed by atoms with van der Waals surface area (Å²) >= 11 is 0. The molecule has 186 valence electrons. The molecule has 0 saturated carbocycles. The number of aliphatic hydroxyl groups excluding tert-OH is 2. The lowest BCUT2D eigenvalue weighted by Crippen LogP contribution is -2.38. The molecule has 4 atom stereocenters. The van der Waals surface area contributed by atoms with Crippen molar-refractivity contribution in [3.05, 3.63) is 38.7 Å². The number of phosphoric acid groups is 1. The van der Waals surface area contributed by atoms with Crippen molar-refractivity contribution in [1.82, 2.24) is 14.9 Å². The fraction of sp³-hybridized carbons (Fsp3) is 0.611. The van der Waals surface area contributed by atoms with E-state index in [4.69, 9.17) is 20.3 Å². The van der Waals surface area contributed by atoms with Crippen molar-refractivity contribution in [2.75, 3.05) is 19.7 Å². The van der Waals surface area contributed by atoms with Gasteiger partial charge in [0.1, 0.15) is 18.3 Å². The highest BCUT2D eigenvalue weighted by Gasteiger charge is 2.45. The number of carbonyl (C=O) groups is 1. The van der Waals surface area contributed by atoms with Crippen LogP contribution in [0.1, 0.15) is 37.5 Å². The average Bonchev–Trinajstić information content (AvgIpc) is 3.02. The molecule has 0 radical (unpaired) electrons. The van der Waals surface area contributed by atoms with E-state index < -0.39 is 56.1 Å².